The molecule has 0 aliphatic heterocycles. The molecule has 1 heterocycles. The number of rotatable bonds is 6. The Hall–Kier alpha value is -3.08. The van der Waals surface area contributed by atoms with Gasteiger partial charge in [0.2, 0.25) is 0 Å². The van der Waals surface area contributed by atoms with Crippen molar-refractivity contribution in [1.82, 2.24) is 5.32 Å². The summed E-state index contributed by atoms with van der Waals surface area (Å²) in [6.45, 7) is 3.25. The number of furan rings is 1. The average Bonchev–Trinajstić information content (AvgIpc) is 3.04. The molecule has 0 aliphatic carbocycles. The molecule has 3 rings (SSSR count). The van der Waals surface area contributed by atoms with Gasteiger partial charge in [0.05, 0.1) is 6.04 Å². The fourth-order valence-corrected chi connectivity index (χ4v) is 2.50. The minimum Gasteiger partial charge on any atom is -0.484 e. The molecule has 1 atom stereocenters. The lowest BCUT2D eigenvalue weighted by Crippen LogP contribution is -2.31. The van der Waals surface area contributed by atoms with Crippen LogP contribution in [0, 0.1) is 0 Å². The predicted octanol–water partition coefficient (Wildman–Crippen LogP) is 3.89. The molecule has 0 radical (unpaired) electrons. The molecule has 1 amide bonds. The van der Waals surface area contributed by atoms with Gasteiger partial charge in [-0.05, 0) is 50.2 Å². The van der Waals surface area contributed by atoms with Gasteiger partial charge < -0.3 is 14.5 Å². The van der Waals surface area contributed by atoms with Gasteiger partial charge in [0.1, 0.15) is 17.1 Å². The van der Waals surface area contributed by atoms with Crippen LogP contribution in [0.3, 0.4) is 0 Å². The van der Waals surface area contributed by atoms with Crippen LogP contribution in [0.4, 0.5) is 0 Å². The van der Waals surface area contributed by atoms with Crippen molar-refractivity contribution in [2.75, 3.05) is 6.61 Å². The van der Waals surface area contributed by atoms with Crippen LogP contribution >= 0.6 is 0 Å². The Morgan fingerprint density at radius 3 is 2.52 bits per heavy atom. The fraction of sp³-hybridized carbons (Fsp3) is 0.200. The third-order valence-electron chi connectivity index (χ3n) is 3.88. The average molecular weight is 337 g/mol. The Morgan fingerprint density at radius 1 is 1.12 bits per heavy atom. The SMILES string of the molecule is CC(=O)c1ccc(OCC(=O)NC(C)c2cc3ccccc3o2)cc1. The van der Waals surface area contributed by atoms with Crippen LogP contribution in [0.1, 0.15) is 36.0 Å². The number of ketones is 1. The van der Waals surface area contributed by atoms with E-state index < -0.39 is 0 Å². The molecule has 0 saturated heterocycles. The highest BCUT2D eigenvalue weighted by molar-refractivity contribution is 5.94. The summed E-state index contributed by atoms with van der Waals surface area (Å²) in [5.41, 5.74) is 1.40. The zero-order chi connectivity index (χ0) is 17.8. The lowest BCUT2D eigenvalue weighted by molar-refractivity contribution is -0.123. The molecule has 0 bridgehead atoms. The van der Waals surface area contributed by atoms with E-state index in [1.807, 2.05) is 37.3 Å². The van der Waals surface area contributed by atoms with Crippen LogP contribution in [0.25, 0.3) is 11.0 Å². The van der Waals surface area contributed by atoms with E-state index in [0.29, 0.717) is 17.1 Å². The number of benzene rings is 2. The summed E-state index contributed by atoms with van der Waals surface area (Å²) in [5.74, 6) is 0.976. The second kappa shape index (κ2) is 7.21. The topological polar surface area (TPSA) is 68.5 Å². The lowest BCUT2D eigenvalue weighted by atomic mass is 10.1. The first kappa shape index (κ1) is 16.8. The number of nitrogens with one attached hydrogen (secondary N) is 1. The van der Waals surface area contributed by atoms with Gasteiger partial charge in [0, 0.05) is 10.9 Å². The number of amides is 1. The molecule has 1 N–H and O–H groups in total. The van der Waals surface area contributed by atoms with Crippen molar-refractivity contribution >= 4 is 22.7 Å². The fourth-order valence-electron chi connectivity index (χ4n) is 2.50. The van der Waals surface area contributed by atoms with Crippen LogP contribution in [-0.4, -0.2) is 18.3 Å². The van der Waals surface area contributed by atoms with E-state index in [1.54, 1.807) is 24.3 Å². The summed E-state index contributed by atoms with van der Waals surface area (Å²) in [5, 5.41) is 3.85. The maximum absolute atomic E-state index is 12.1. The van der Waals surface area contributed by atoms with Crippen molar-refractivity contribution in [3.63, 3.8) is 0 Å². The second-order valence-electron chi connectivity index (χ2n) is 5.85. The quantitative estimate of drug-likeness (QED) is 0.693. The first-order valence-electron chi connectivity index (χ1n) is 8.04. The molecule has 0 spiro atoms. The zero-order valence-electron chi connectivity index (χ0n) is 14.1. The van der Waals surface area contributed by atoms with Gasteiger partial charge in [-0.3, -0.25) is 9.59 Å². The largest absolute Gasteiger partial charge is 0.484 e. The van der Waals surface area contributed by atoms with Crippen LogP contribution in [0.2, 0.25) is 0 Å². The normalized spacial score (nSPS) is 11.9. The minimum absolute atomic E-state index is 0.0102. The van der Waals surface area contributed by atoms with Crippen molar-refractivity contribution in [3.8, 4) is 5.75 Å². The number of hydrogen-bond donors (Lipinski definition) is 1. The third kappa shape index (κ3) is 4.07. The smallest absolute Gasteiger partial charge is 0.258 e. The second-order valence-corrected chi connectivity index (χ2v) is 5.85. The summed E-state index contributed by atoms with van der Waals surface area (Å²) >= 11 is 0. The number of hydrogen-bond acceptors (Lipinski definition) is 4. The van der Waals surface area contributed by atoms with Crippen LogP contribution < -0.4 is 10.1 Å². The molecule has 1 unspecified atom stereocenters. The van der Waals surface area contributed by atoms with E-state index in [9.17, 15) is 9.59 Å². The summed E-state index contributed by atoms with van der Waals surface area (Å²) < 4.78 is 11.2. The summed E-state index contributed by atoms with van der Waals surface area (Å²) in [4.78, 5) is 23.3. The molecule has 1 aromatic heterocycles. The molecule has 128 valence electrons. The highest BCUT2D eigenvalue weighted by atomic mass is 16.5. The Bertz CT molecular complexity index is 862. The summed E-state index contributed by atoms with van der Waals surface area (Å²) in [7, 11) is 0. The standard InChI is InChI=1S/C20H19NO4/c1-13(19-11-16-5-3-4-6-18(16)25-19)21-20(23)12-24-17-9-7-15(8-10-17)14(2)22/h3-11,13H,12H2,1-2H3,(H,21,23). The Morgan fingerprint density at radius 2 is 1.84 bits per heavy atom. The lowest BCUT2D eigenvalue weighted by Gasteiger charge is -2.12. The molecule has 0 fully saturated rings. The summed E-state index contributed by atoms with van der Waals surface area (Å²) in [6, 6.07) is 16.1. The van der Waals surface area contributed by atoms with Gasteiger partial charge in [0.25, 0.3) is 5.91 Å². The predicted molar refractivity (Wildman–Crippen MR) is 94.7 cm³/mol. The highest BCUT2D eigenvalue weighted by Gasteiger charge is 2.14. The van der Waals surface area contributed by atoms with E-state index in [4.69, 9.17) is 9.15 Å². The van der Waals surface area contributed by atoms with E-state index in [0.717, 1.165) is 11.0 Å². The van der Waals surface area contributed by atoms with Crippen molar-refractivity contribution in [2.45, 2.75) is 19.9 Å². The molecule has 0 saturated carbocycles. The van der Waals surface area contributed by atoms with E-state index in [-0.39, 0.29) is 24.3 Å². The van der Waals surface area contributed by atoms with Crippen molar-refractivity contribution in [2.24, 2.45) is 0 Å². The Labute approximate surface area is 145 Å². The van der Waals surface area contributed by atoms with Gasteiger partial charge in [-0.15, -0.1) is 0 Å². The third-order valence-corrected chi connectivity index (χ3v) is 3.88. The van der Waals surface area contributed by atoms with Crippen LogP contribution in [0.15, 0.2) is 59.0 Å². The van der Waals surface area contributed by atoms with E-state index in [2.05, 4.69) is 5.32 Å². The summed E-state index contributed by atoms with van der Waals surface area (Å²) in [6.07, 6.45) is 0. The molecule has 5 heteroatoms. The monoisotopic (exact) mass is 337 g/mol. The van der Waals surface area contributed by atoms with Crippen molar-refractivity contribution in [1.29, 1.82) is 0 Å². The number of ether oxygens (including phenoxy) is 1. The molecule has 3 aromatic rings. The van der Waals surface area contributed by atoms with Crippen molar-refractivity contribution < 1.29 is 18.7 Å². The van der Waals surface area contributed by atoms with Gasteiger partial charge in [0.15, 0.2) is 12.4 Å². The van der Waals surface area contributed by atoms with Crippen molar-refractivity contribution in [3.05, 3.63) is 65.9 Å². The molecular weight excluding hydrogens is 318 g/mol. The molecule has 5 nitrogen and oxygen atoms in total. The van der Waals surface area contributed by atoms with Crippen LogP contribution in [-0.2, 0) is 4.79 Å². The number of carbonyl (C=O) groups excluding carboxylic acids is 2. The van der Waals surface area contributed by atoms with Gasteiger partial charge >= 0.3 is 0 Å². The van der Waals surface area contributed by atoms with Gasteiger partial charge in [-0.1, -0.05) is 18.2 Å². The van der Waals surface area contributed by atoms with Crippen LogP contribution in [0.5, 0.6) is 5.75 Å². The first-order valence-corrected chi connectivity index (χ1v) is 8.04. The first-order chi connectivity index (χ1) is 12.0. The van der Waals surface area contributed by atoms with Gasteiger partial charge in [-0.25, -0.2) is 0 Å². The molecular formula is C20H19NO4. The Balaban J connectivity index is 1.55. The van der Waals surface area contributed by atoms with E-state index >= 15 is 0 Å². The number of fused-ring (bicyclic) bond motifs is 1. The molecule has 2 aromatic carbocycles. The van der Waals surface area contributed by atoms with Gasteiger partial charge in [-0.2, -0.15) is 0 Å². The highest BCUT2D eigenvalue weighted by Crippen LogP contribution is 2.23. The van der Waals surface area contributed by atoms with E-state index in [1.165, 1.54) is 6.92 Å². The number of para-hydroxylation sites is 1. The number of Topliss-reactive ketones (excluding diaryl/α,β-unsaturated/α-hetero) is 1. The Kier molecular flexibility index (Phi) is 4.84. The minimum atomic E-state index is -0.261. The molecule has 25 heavy (non-hydrogen) atoms. The zero-order valence-corrected chi connectivity index (χ0v) is 14.1. The maximum atomic E-state index is 12.1. The number of carbonyl (C=O) groups is 2. The molecule has 0 aliphatic rings. The maximum Gasteiger partial charge on any atom is 0.258 e.